The van der Waals surface area contributed by atoms with Crippen molar-refractivity contribution in [2.75, 3.05) is 0 Å². The van der Waals surface area contributed by atoms with Gasteiger partial charge in [0.25, 0.3) is 0 Å². The summed E-state index contributed by atoms with van der Waals surface area (Å²) >= 11 is 3.37. The first-order valence-corrected chi connectivity index (χ1v) is 5.39. The van der Waals surface area contributed by atoms with Crippen molar-refractivity contribution in [2.24, 2.45) is 0 Å². The van der Waals surface area contributed by atoms with E-state index in [-0.39, 0.29) is 5.92 Å². The zero-order chi connectivity index (χ0) is 10.7. The number of hydrogen-bond donors (Lipinski definition) is 1. The van der Waals surface area contributed by atoms with Gasteiger partial charge in [0.05, 0.1) is 6.07 Å². The summed E-state index contributed by atoms with van der Waals surface area (Å²) in [5, 5.41) is 9.14. The van der Waals surface area contributed by atoms with Crippen LogP contribution in [0.15, 0.2) is 47.1 Å². The summed E-state index contributed by atoms with van der Waals surface area (Å²) in [6.07, 6.45) is 1.83. The normalized spacial score (nSPS) is 12.0. The zero-order valence-corrected chi connectivity index (χ0v) is 9.53. The van der Waals surface area contributed by atoms with Gasteiger partial charge in [-0.25, -0.2) is 0 Å². The third-order valence-electron chi connectivity index (χ3n) is 2.27. The molecule has 1 aromatic heterocycles. The molecule has 1 atom stereocenters. The van der Waals surface area contributed by atoms with Crippen LogP contribution >= 0.6 is 15.9 Å². The van der Waals surface area contributed by atoms with Crippen LogP contribution in [0, 0.1) is 11.3 Å². The Hall–Kier alpha value is -1.53. The van der Waals surface area contributed by atoms with E-state index in [0.29, 0.717) is 0 Å². The number of nitrogens with zero attached hydrogens (tertiary/aromatic N) is 1. The number of benzene rings is 1. The van der Waals surface area contributed by atoms with Crippen molar-refractivity contribution >= 4 is 15.9 Å². The highest BCUT2D eigenvalue weighted by Crippen LogP contribution is 2.23. The topological polar surface area (TPSA) is 39.6 Å². The van der Waals surface area contributed by atoms with Gasteiger partial charge in [-0.1, -0.05) is 28.1 Å². The van der Waals surface area contributed by atoms with Gasteiger partial charge < -0.3 is 4.98 Å². The lowest BCUT2D eigenvalue weighted by Crippen LogP contribution is -1.97. The largest absolute Gasteiger partial charge is 0.364 e. The molecule has 0 bridgehead atoms. The van der Waals surface area contributed by atoms with Crippen LogP contribution in [-0.2, 0) is 0 Å². The van der Waals surface area contributed by atoms with Gasteiger partial charge in [0.15, 0.2) is 0 Å². The summed E-state index contributed by atoms with van der Waals surface area (Å²) in [5.74, 6) is -0.215. The molecule has 1 N–H and O–H groups in total. The molecule has 0 spiro atoms. The summed E-state index contributed by atoms with van der Waals surface area (Å²) in [5.41, 5.74) is 1.93. The maximum Gasteiger partial charge on any atom is 0.111 e. The third-order valence-corrected chi connectivity index (χ3v) is 2.79. The molecule has 2 rings (SSSR count). The van der Waals surface area contributed by atoms with Gasteiger partial charge in [-0.15, -0.1) is 0 Å². The number of nitrogens with one attached hydrogen (secondary N) is 1. The molecule has 1 aromatic carbocycles. The average Bonchev–Trinajstić information content (AvgIpc) is 2.75. The highest BCUT2D eigenvalue weighted by atomic mass is 79.9. The number of hydrogen-bond acceptors (Lipinski definition) is 1. The van der Waals surface area contributed by atoms with E-state index in [4.69, 9.17) is 5.26 Å². The molecule has 0 aliphatic heterocycles. The van der Waals surface area contributed by atoms with Gasteiger partial charge in [-0.05, 0) is 29.8 Å². The van der Waals surface area contributed by atoms with Crippen molar-refractivity contribution in [3.63, 3.8) is 0 Å². The number of rotatable bonds is 2. The molecule has 1 unspecified atom stereocenters. The molecule has 0 radical (unpaired) electrons. The van der Waals surface area contributed by atoms with E-state index in [1.165, 1.54) is 0 Å². The van der Waals surface area contributed by atoms with Crippen LogP contribution in [0.25, 0.3) is 0 Å². The lowest BCUT2D eigenvalue weighted by molar-refractivity contribution is 0.984. The summed E-state index contributed by atoms with van der Waals surface area (Å²) in [6.45, 7) is 0. The van der Waals surface area contributed by atoms with E-state index in [9.17, 15) is 0 Å². The third kappa shape index (κ3) is 2.11. The predicted molar refractivity (Wildman–Crippen MR) is 62.4 cm³/mol. The summed E-state index contributed by atoms with van der Waals surface area (Å²) in [6, 6.07) is 13.9. The van der Waals surface area contributed by atoms with Crippen LogP contribution in [0.4, 0.5) is 0 Å². The molecule has 74 valence electrons. The fourth-order valence-corrected chi connectivity index (χ4v) is 1.77. The zero-order valence-electron chi connectivity index (χ0n) is 7.94. The summed E-state index contributed by atoms with van der Waals surface area (Å²) in [7, 11) is 0. The Bertz CT molecular complexity index is 465. The van der Waals surface area contributed by atoms with Gasteiger partial charge in [-0.3, -0.25) is 0 Å². The minimum atomic E-state index is -0.215. The fraction of sp³-hybridized carbons (Fsp3) is 0.0833. The molecule has 2 nitrogen and oxygen atoms in total. The SMILES string of the molecule is N#CC(c1ccc(Br)cc1)c1ccc[nH]1. The van der Waals surface area contributed by atoms with E-state index < -0.39 is 0 Å². The maximum atomic E-state index is 9.14. The van der Waals surface area contributed by atoms with Crippen LogP contribution in [0.2, 0.25) is 0 Å². The molecule has 0 fully saturated rings. The Morgan fingerprint density at radius 1 is 1.20 bits per heavy atom. The summed E-state index contributed by atoms with van der Waals surface area (Å²) in [4.78, 5) is 3.07. The minimum Gasteiger partial charge on any atom is -0.364 e. The molecule has 0 saturated heterocycles. The van der Waals surface area contributed by atoms with Gasteiger partial charge in [0, 0.05) is 16.4 Å². The van der Waals surface area contributed by atoms with Gasteiger partial charge in [0.2, 0.25) is 0 Å². The van der Waals surface area contributed by atoms with Crippen LogP contribution in [0.3, 0.4) is 0 Å². The van der Waals surface area contributed by atoms with Crippen molar-refractivity contribution in [2.45, 2.75) is 5.92 Å². The highest BCUT2D eigenvalue weighted by molar-refractivity contribution is 9.10. The second kappa shape index (κ2) is 4.33. The molecule has 0 saturated carbocycles. The number of aromatic nitrogens is 1. The van der Waals surface area contributed by atoms with Gasteiger partial charge >= 0.3 is 0 Å². The molecule has 0 aliphatic carbocycles. The number of H-pyrrole nitrogens is 1. The number of halogens is 1. The first kappa shape index (κ1) is 10.0. The monoisotopic (exact) mass is 260 g/mol. The Morgan fingerprint density at radius 3 is 2.47 bits per heavy atom. The Labute approximate surface area is 96.7 Å². The molecule has 0 aliphatic rings. The second-order valence-corrected chi connectivity index (χ2v) is 4.15. The molecule has 15 heavy (non-hydrogen) atoms. The van der Waals surface area contributed by atoms with Crippen molar-refractivity contribution in [1.29, 1.82) is 5.26 Å². The van der Waals surface area contributed by atoms with Crippen molar-refractivity contribution < 1.29 is 0 Å². The first-order chi connectivity index (χ1) is 7.31. The van der Waals surface area contributed by atoms with Crippen LogP contribution in [0.1, 0.15) is 17.2 Å². The Kier molecular flexibility index (Phi) is 2.89. The van der Waals surface area contributed by atoms with E-state index in [1.54, 1.807) is 0 Å². The molecular weight excluding hydrogens is 252 g/mol. The first-order valence-electron chi connectivity index (χ1n) is 4.59. The predicted octanol–water partition coefficient (Wildman–Crippen LogP) is 3.43. The lowest BCUT2D eigenvalue weighted by atomic mass is 9.98. The standard InChI is InChI=1S/C12H9BrN2/c13-10-5-3-9(4-6-10)11(8-14)12-2-1-7-15-12/h1-7,11,15H. The van der Waals surface area contributed by atoms with Crippen LogP contribution in [-0.4, -0.2) is 4.98 Å². The van der Waals surface area contributed by atoms with Crippen LogP contribution in [0.5, 0.6) is 0 Å². The average molecular weight is 261 g/mol. The van der Waals surface area contributed by atoms with Crippen molar-refractivity contribution in [1.82, 2.24) is 4.98 Å². The lowest BCUT2D eigenvalue weighted by Gasteiger charge is -2.07. The van der Waals surface area contributed by atoms with E-state index in [2.05, 4.69) is 27.0 Å². The second-order valence-electron chi connectivity index (χ2n) is 3.24. The molecule has 3 heteroatoms. The fourth-order valence-electron chi connectivity index (χ4n) is 1.50. The molecule has 2 aromatic rings. The summed E-state index contributed by atoms with van der Waals surface area (Å²) < 4.78 is 1.02. The quantitative estimate of drug-likeness (QED) is 0.883. The van der Waals surface area contributed by atoms with Crippen molar-refractivity contribution in [3.8, 4) is 6.07 Å². The Morgan fingerprint density at radius 2 is 1.93 bits per heavy atom. The smallest absolute Gasteiger partial charge is 0.111 e. The molecule has 1 heterocycles. The van der Waals surface area contributed by atoms with E-state index in [1.807, 2.05) is 42.6 Å². The number of aromatic amines is 1. The maximum absolute atomic E-state index is 9.14. The van der Waals surface area contributed by atoms with Gasteiger partial charge in [0.1, 0.15) is 5.92 Å². The number of nitriles is 1. The van der Waals surface area contributed by atoms with Crippen molar-refractivity contribution in [3.05, 3.63) is 58.3 Å². The molecule has 0 amide bonds. The van der Waals surface area contributed by atoms with Crippen LogP contribution < -0.4 is 0 Å². The van der Waals surface area contributed by atoms with Gasteiger partial charge in [-0.2, -0.15) is 5.26 Å². The van der Waals surface area contributed by atoms with E-state index >= 15 is 0 Å². The molecular formula is C12H9BrN2. The highest BCUT2D eigenvalue weighted by Gasteiger charge is 2.13. The minimum absolute atomic E-state index is 0.215. The van der Waals surface area contributed by atoms with E-state index in [0.717, 1.165) is 15.7 Å². The Balaban J connectivity index is 2.37.